The molecule has 0 radical (unpaired) electrons. The molecule has 1 heterocycles. The van der Waals surface area contributed by atoms with Crippen LogP contribution in [0.2, 0.25) is 5.02 Å². The summed E-state index contributed by atoms with van der Waals surface area (Å²) in [5, 5.41) is 14.9. The molecule has 0 bridgehead atoms. The number of nitrogens with zero attached hydrogens (tertiary/aromatic N) is 3. The van der Waals surface area contributed by atoms with Crippen LogP contribution < -0.4 is 5.69 Å². The molecule has 0 aliphatic heterocycles. The lowest BCUT2D eigenvalue weighted by atomic mass is 10.3. The predicted molar refractivity (Wildman–Crippen MR) is 68.3 cm³/mol. The Bertz CT molecular complexity index is 694. The third-order valence-electron chi connectivity index (χ3n) is 2.17. The van der Waals surface area contributed by atoms with E-state index in [1.165, 1.54) is 12.1 Å². The molecular weight excluding hydrogens is 327 g/mol. The van der Waals surface area contributed by atoms with Gasteiger partial charge in [0.05, 0.1) is 20.1 Å². The number of hydrogen-bond donors (Lipinski definition) is 1. The molecule has 0 amide bonds. The minimum absolute atomic E-state index is 0.154. The van der Waals surface area contributed by atoms with Gasteiger partial charge in [0, 0.05) is 6.07 Å². The third kappa shape index (κ3) is 2.16. The second-order valence-electron chi connectivity index (χ2n) is 3.44. The van der Waals surface area contributed by atoms with Gasteiger partial charge in [-0.05, 0) is 28.9 Å². The van der Waals surface area contributed by atoms with E-state index in [-0.39, 0.29) is 20.9 Å². The first-order chi connectivity index (χ1) is 8.40. The summed E-state index contributed by atoms with van der Waals surface area (Å²) in [5.41, 5.74) is -0.547. The molecule has 1 N–H and O–H groups in total. The quantitative estimate of drug-likeness (QED) is 0.673. The normalized spacial score (nSPS) is 10.6. The molecule has 0 aliphatic rings. The fourth-order valence-electron chi connectivity index (χ4n) is 1.42. The summed E-state index contributed by atoms with van der Waals surface area (Å²) in [6.45, 7) is 1.60. The zero-order valence-electron chi connectivity index (χ0n) is 8.98. The number of halogens is 2. The van der Waals surface area contributed by atoms with Crippen LogP contribution in [0.25, 0.3) is 5.69 Å². The maximum absolute atomic E-state index is 11.6. The van der Waals surface area contributed by atoms with Crippen molar-refractivity contribution in [2.24, 2.45) is 0 Å². The van der Waals surface area contributed by atoms with E-state index < -0.39 is 10.6 Å². The van der Waals surface area contributed by atoms with Crippen molar-refractivity contribution in [2.75, 3.05) is 0 Å². The van der Waals surface area contributed by atoms with Crippen molar-refractivity contribution < 1.29 is 4.92 Å². The smallest absolute Gasteiger partial charge is 0.293 e. The standard InChI is InChI=1S/C9H6BrClN4O3/c1-4-12-9(16)14(13-4)8-3-7(15(17)18)5(10)2-6(8)11/h2-3H,1H3,(H,12,13,16). The van der Waals surface area contributed by atoms with E-state index in [4.69, 9.17) is 11.6 Å². The molecule has 0 atom stereocenters. The Morgan fingerprint density at radius 3 is 2.72 bits per heavy atom. The van der Waals surface area contributed by atoms with E-state index in [1.807, 2.05) is 0 Å². The maximum Gasteiger partial charge on any atom is 0.348 e. The Balaban J connectivity index is 2.72. The molecule has 0 spiro atoms. The monoisotopic (exact) mass is 332 g/mol. The number of aryl methyl sites for hydroxylation is 1. The molecule has 0 saturated heterocycles. The average molecular weight is 334 g/mol. The van der Waals surface area contributed by atoms with Crippen molar-refractivity contribution in [2.45, 2.75) is 6.92 Å². The van der Waals surface area contributed by atoms with E-state index in [0.29, 0.717) is 5.82 Å². The van der Waals surface area contributed by atoms with Crippen LogP contribution >= 0.6 is 27.5 Å². The van der Waals surface area contributed by atoms with Crippen LogP contribution in [0.5, 0.6) is 0 Å². The van der Waals surface area contributed by atoms with Gasteiger partial charge < -0.3 is 0 Å². The summed E-state index contributed by atoms with van der Waals surface area (Å²) in [4.78, 5) is 24.3. The third-order valence-corrected chi connectivity index (χ3v) is 3.11. The molecule has 0 aliphatic carbocycles. The number of nitrogens with one attached hydrogen (secondary N) is 1. The molecule has 7 nitrogen and oxygen atoms in total. The second-order valence-corrected chi connectivity index (χ2v) is 4.70. The molecule has 9 heteroatoms. The Morgan fingerprint density at radius 2 is 2.22 bits per heavy atom. The van der Waals surface area contributed by atoms with E-state index in [2.05, 4.69) is 26.0 Å². The molecule has 18 heavy (non-hydrogen) atoms. The molecular formula is C9H6BrClN4O3. The number of benzene rings is 1. The van der Waals surface area contributed by atoms with Crippen molar-refractivity contribution in [3.8, 4) is 5.69 Å². The van der Waals surface area contributed by atoms with Gasteiger partial charge in [0.2, 0.25) is 0 Å². The number of hydrogen-bond acceptors (Lipinski definition) is 4. The van der Waals surface area contributed by atoms with Gasteiger partial charge in [-0.3, -0.25) is 15.1 Å². The van der Waals surface area contributed by atoms with Crippen LogP contribution in [0.1, 0.15) is 5.82 Å². The Morgan fingerprint density at radius 1 is 1.56 bits per heavy atom. The van der Waals surface area contributed by atoms with Gasteiger partial charge in [-0.2, -0.15) is 9.78 Å². The highest BCUT2D eigenvalue weighted by atomic mass is 79.9. The van der Waals surface area contributed by atoms with E-state index in [9.17, 15) is 14.9 Å². The summed E-state index contributed by atoms with van der Waals surface area (Å²) >= 11 is 8.99. The van der Waals surface area contributed by atoms with Crippen LogP contribution in [-0.4, -0.2) is 19.7 Å². The van der Waals surface area contributed by atoms with E-state index in [1.54, 1.807) is 6.92 Å². The second kappa shape index (κ2) is 4.54. The SMILES string of the molecule is Cc1nn(-c2cc([N+](=O)[O-])c(Br)cc2Cl)c(=O)[nH]1. The first-order valence-corrected chi connectivity index (χ1v) is 5.87. The average Bonchev–Trinajstić information content (AvgIpc) is 2.57. The number of aromatic amines is 1. The topological polar surface area (TPSA) is 93.8 Å². The lowest BCUT2D eigenvalue weighted by Gasteiger charge is -2.04. The lowest BCUT2D eigenvalue weighted by Crippen LogP contribution is -2.16. The number of nitro groups is 1. The van der Waals surface area contributed by atoms with Crippen LogP contribution in [0.4, 0.5) is 5.69 Å². The fraction of sp³-hybridized carbons (Fsp3) is 0.111. The summed E-state index contributed by atoms with van der Waals surface area (Å²) in [5.74, 6) is 0.390. The summed E-state index contributed by atoms with van der Waals surface area (Å²) in [6, 6.07) is 2.54. The predicted octanol–water partition coefficient (Wildman–Crippen LogP) is 2.19. The van der Waals surface area contributed by atoms with E-state index in [0.717, 1.165) is 4.68 Å². The molecule has 94 valence electrons. The molecule has 2 rings (SSSR count). The number of H-pyrrole nitrogens is 1. The van der Waals surface area contributed by atoms with Gasteiger partial charge in [0.1, 0.15) is 5.82 Å². The molecule has 1 aromatic carbocycles. The zero-order valence-corrected chi connectivity index (χ0v) is 11.3. The Labute approximate surface area is 114 Å². The highest BCUT2D eigenvalue weighted by Crippen LogP contribution is 2.32. The Kier molecular flexibility index (Phi) is 3.22. The molecule has 0 saturated carbocycles. The highest BCUT2D eigenvalue weighted by molar-refractivity contribution is 9.10. The van der Waals surface area contributed by atoms with Crippen LogP contribution in [-0.2, 0) is 0 Å². The van der Waals surface area contributed by atoms with Crippen LogP contribution in [0.15, 0.2) is 21.4 Å². The van der Waals surface area contributed by atoms with Crippen LogP contribution in [0, 0.1) is 17.0 Å². The highest BCUT2D eigenvalue weighted by Gasteiger charge is 2.18. The molecule has 0 unspecified atom stereocenters. The fourth-order valence-corrected chi connectivity index (χ4v) is 2.28. The molecule has 0 fully saturated rings. The number of nitro benzene ring substituents is 1. The summed E-state index contributed by atoms with van der Waals surface area (Å²) < 4.78 is 1.22. The lowest BCUT2D eigenvalue weighted by molar-refractivity contribution is -0.385. The first kappa shape index (κ1) is 12.8. The number of rotatable bonds is 2. The zero-order chi connectivity index (χ0) is 13.4. The van der Waals surface area contributed by atoms with Crippen molar-refractivity contribution >= 4 is 33.2 Å². The van der Waals surface area contributed by atoms with E-state index >= 15 is 0 Å². The molecule has 1 aromatic heterocycles. The van der Waals surface area contributed by atoms with Crippen molar-refractivity contribution in [3.05, 3.63) is 48.1 Å². The summed E-state index contributed by atoms with van der Waals surface area (Å²) in [6.07, 6.45) is 0. The van der Waals surface area contributed by atoms with Crippen molar-refractivity contribution in [1.82, 2.24) is 14.8 Å². The largest absolute Gasteiger partial charge is 0.348 e. The van der Waals surface area contributed by atoms with Crippen LogP contribution in [0.3, 0.4) is 0 Å². The van der Waals surface area contributed by atoms with Gasteiger partial charge >= 0.3 is 5.69 Å². The molecule has 2 aromatic rings. The van der Waals surface area contributed by atoms with Gasteiger partial charge in [0.25, 0.3) is 5.69 Å². The van der Waals surface area contributed by atoms with Crippen molar-refractivity contribution in [3.63, 3.8) is 0 Å². The van der Waals surface area contributed by atoms with Gasteiger partial charge in [-0.25, -0.2) is 4.79 Å². The van der Waals surface area contributed by atoms with Gasteiger partial charge in [-0.15, -0.1) is 0 Å². The maximum atomic E-state index is 11.6. The van der Waals surface area contributed by atoms with Crippen molar-refractivity contribution in [1.29, 1.82) is 0 Å². The first-order valence-electron chi connectivity index (χ1n) is 4.70. The minimum atomic E-state index is -0.575. The number of aromatic nitrogens is 3. The van der Waals surface area contributed by atoms with Gasteiger partial charge in [-0.1, -0.05) is 11.6 Å². The minimum Gasteiger partial charge on any atom is -0.293 e. The van der Waals surface area contributed by atoms with Gasteiger partial charge in [0.15, 0.2) is 0 Å². The Hall–Kier alpha value is -1.67. The summed E-state index contributed by atoms with van der Waals surface area (Å²) in [7, 11) is 0.